The lowest BCUT2D eigenvalue weighted by atomic mass is 10.1. The summed E-state index contributed by atoms with van der Waals surface area (Å²) in [5, 5.41) is 5.94. The Hall–Kier alpha value is -3.74. The highest BCUT2D eigenvalue weighted by Gasteiger charge is 2.20. The molecule has 0 aliphatic carbocycles. The monoisotopic (exact) mass is 447 g/mol. The summed E-state index contributed by atoms with van der Waals surface area (Å²) in [5.74, 6) is 0.883. The number of para-hydroxylation sites is 1. The molecule has 7 nitrogen and oxygen atoms in total. The minimum absolute atomic E-state index is 0.297. The Labute approximate surface area is 193 Å². The van der Waals surface area contributed by atoms with E-state index in [1.54, 1.807) is 25.8 Å². The van der Waals surface area contributed by atoms with Crippen molar-refractivity contribution in [2.24, 2.45) is 0 Å². The van der Waals surface area contributed by atoms with Gasteiger partial charge in [-0.1, -0.05) is 31.2 Å². The highest BCUT2D eigenvalue weighted by Crippen LogP contribution is 2.32. The standard InChI is InChI=1S/C26H29N3O4/c1-5-13-28-17-20(19-9-7-8-10-22(19)28)21-15-23(26(30)33-6-2)29(27-21)16-18-11-12-24(31-3)25(14-18)32-4/h7-12,14-15,17H,5-6,13,16H2,1-4H3. The Morgan fingerprint density at radius 1 is 1.00 bits per heavy atom. The molecular weight excluding hydrogens is 418 g/mol. The van der Waals surface area contributed by atoms with E-state index in [9.17, 15) is 4.79 Å². The van der Waals surface area contributed by atoms with Crippen LogP contribution >= 0.6 is 0 Å². The first kappa shape index (κ1) is 22.5. The van der Waals surface area contributed by atoms with Crippen LogP contribution in [0.15, 0.2) is 54.7 Å². The molecule has 172 valence electrons. The fraction of sp³-hybridized carbons (Fsp3) is 0.308. The number of methoxy groups -OCH3 is 2. The van der Waals surface area contributed by atoms with Crippen molar-refractivity contribution in [2.45, 2.75) is 33.4 Å². The number of carbonyl (C=O) groups is 1. The van der Waals surface area contributed by atoms with Crippen molar-refractivity contribution in [3.63, 3.8) is 0 Å². The molecule has 7 heteroatoms. The molecular formula is C26H29N3O4. The summed E-state index contributed by atoms with van der Waals surface area (Å²) in [6.45, 7) is 5.56. The van der Waals surface area contributed by atoms with Crippen LogP contribution in [0.3, 0.4) is 0 Å². The van der Waals surface area contributed by atoms with Crippen molar-refractivity contribution in [3.05, 3.63) is 66.0 Å². The van der Waals surface area contributed by atoms with Gasteiger partial charge in [0.25, 0.3) is 0 Å². The van der Waals surface area contributed by atoms with Crippen molar-refractivity contribution >= 4 is 16.9 Å². The number of esters is 1. The van der Waals surface area contributed by atoms with Crippen molar-refractivity contribution in [1.82, 2.24) is 14.3 Å². The van der Waals surface area contributed by atoms with Gasteiger partial charge in [0, 0.05) is 29.2 Å². The van der Waals surface area contributed by atoms with Crippen LogP contribution in [0.5, 0.6) is 11.5 Å². The molecule has 0 aliphatic rings. The molecule has 0 saturated heterocycles. The number of nitrogens with zero attached hydrogens (tertiary/aromatic N) is 3. The summed E-state index contributed by atoms with van der Waals surface area (Å²) in [6, 6.07) is 15.8. The molecule has 0 fully saturated rings. The van der Waals surface area contributed by atoms with Crippen LogP contribution in [0.4, 0.5) is 0 Å². The van der Waals surface area contributed by atoms with Crippen LogP contribution in [0.1, 0.15) is 36.3 Å². The summed E-state index contributed by atoms with van der Waals surface area (Å²) in [4.78, 5) is 12.8. The SMILES string of the molecule is CCCn1cc(-c2cc(C(=O)OCC)n(Cc3ccc(OC)c(OC)c3)n2)c2ccccc21. The van der Waals surface area contributed by atoms with Gasteiger partial charge in [0.05, 0.1) is 33.1 Å². The van der Waals surface area contributed by atoms with E-state index in [0.29, 0.717) is 30.3 Å². The smallest absolute Gasteiger partial charge is 0.356 e. The lowest BCUT2D eigenvalue weighted by Gasteiger charge is -2.11. The maximum absolute atomic E-state index is 12.8. The van der Waals surface area contributed by atoms with Gasteiger partial charge < -0.3 is 18.8 Å². The molecule has 0 radical (unpaired) electrons. The summed E-state index contributed by atoms with van der Waals surface area (Å²) in [7, 11) is 3.20. The zero-order valence-corrected chi connectivity index (χ0v) is 19.5. The number of fused-ring (bicyclic) bond motifs is 1. The van der Waals surface area contributed by atoms with E-state index in [4.69, 9.17) is 19.3 Å². The average Bonchev–Trinajstić information content (AvgIpc) is 3.41. The molecule has 0 amide bonds. The molecule has 2 aromatic carbocycles. The topological polar surface area (TPSA) is 67.5 Å². The quantitative estimate of drug-likeness (QED) is 0.332. The van der Waals surface area contributed by atoms with E-state index in [-0.39, 0.29) is 0 Å². The Morgan fingerprint density at radius 3 is 2.52 bits per heavy atom. The number of hydrogen-bond acceptors (Lipinski definition) is 5. The summed E-state index contributed by atoms with van der Waals surface area (Å²) in [5.41, 5.74) is 4.23. The number of ether oxygens (including phenoxy) is 3. The molecule has 4 aromatic rings. The molecule has 0 spiro atoms. The van der Waals surface area contributed by atoms with Gasteiger partial charge in [-0.25, -0.2) is 4.79 Å². The lowest BCUT2D eigenvalue weighted by molar-refractivity contribution is 0.0512. The number of aryl methyl sites for hydroxylation is 1. The molecule has 0 bridgehead atoms. The number of rotatable bonds is 9. The molecule has 0 unspecified atom stereocenters. The van der Waals surface area contributed by atoms with Crippen molar-refractivity contribution < 1.29 is 19.0 Å². The molecule has 33 heavy (non-hydrogen) atoms. The van der Waals surface area contributed by atoms with E-state index in [1.165, 1.54) is 0 Å². The van der Waals surface area contributed by atoms with Crippen molar-refractivity contribution in [3.8, 4) is 22.8 Å². The second-order valence-electron chi connectivity index (χ2n) is 7.74. The molecule has 2 aromatic heterocycles. The van der Waals surface area contributed by atoms with E-state index >= 15 is 0 Å². The number of carbonyl (C=O) groups excluding carboxylic acids is 1. The third kappa shape index (κ3) is 4.44. The predicted octanol–water partition coefficient (Wildman–Crippen LogP) is 5.16. The second-order valence-corrected chi connectivity index (χ2v) is 7.74. The minimum atomic E-state index is -0.394. The Kier molecular flexibility index (Phi) is 6.68. The van der Waals surface area contributed by atoms with Gasteiger partial charge in [-0.2, -0.15) is 5.10 Å². The maximum Gasteiger partial charge on any atom is 0.356 e. The molecule has 0 saturated carbocycles. The fourth-order valence-corrected chi connectivity index (χ4v) is 4.07. The maximum atomic E-state index is 12.8. The zero-order chi connectivity index (χ0) is 23.4. The number of aromatic nitrogens is 3. The Balaban J connectivity index is 1.79. The third-order valence-electron chi connectivity index (χ3n) is 5.57. The van der Waals surface area contributed by atoms with Crippen molar-refractivity contribution in [2.75, 3.05) is 20.8 Å². The van der Waals surface area contributed by atoms with Crippen LogP contribution in [-0.2, 0) is 17.8 Å². The molecule has 2 heterocycles. The normalized spacial score (nSPS) is 11.0. The van der Waals surface area contributed by atoms with Gasteiger partial charge in [-0.15, -0.1) is 0 Å². The van der Waals surface area contributed by atoms with Crippen LogP contribution in [0.2, 0.25) is 0 Å². The summed E-state index contributed by atoms with van der Waals surface area (Å²) >= 11 is 0. The number of hydrogen-bond donors (Lipinski definition) is 0. The summed E-state index contributed by atoms with van der Waals surface area (Å²) in [6.07, 6.45) is 3.14. The number of benzene rings is 2. The Morgan fingerprint density at radius 2 is 1.79 bits per heavy atom. The second kappa shape index (κ2) is 9.81. The van der Waals surface area contributed by atoms with E-state index < -0.39 is 5.97 Å². The molecule has 0 N–H and O–H groups in total. The predicted molar refractivity (Wildman–Crippen MR) is 128 cm³/mol. The molecule has 0 atom stereocenters. The van der Waals surface area contributed by atoms with Gasteiger partial charge >= 0.3 is 5.97 Å². The minimum Gasteiger partial charge on any atom is -0.493 e. The third-order valence-corrected chi connectivity index (χ3v) is 5.57. The van der Waals surface area contributed by atoms with Crippen LogP contribution < -0.4 is 9.47 Å². The fourth-order valence-electron chi connectivity index (χ4n) is 4.07. The van der Waals surface area contributed by atoms with Gasteiger partial charge in [0.2, 0.25) is 0 Å². The van der Waals surface area contributed by atoms with Crippen molar-refractivity contribution in [1.29, 1.82) is 0 Å². The van der Waals surface area contributed by atoms with E-state index in [0.717, 1.165) is 40.7 Å². The first-order valence-corrected chi connectivity index (χ1v) is 11.1. The van der Waals surface area contributed by atoms with Gasteiger partial charge in [0.1, 0.15) is 5.69 Å². The molecule has 4 rings (SSSR count). The van der Waals surface area contributed by atoms with Crippen LogP contribution in [0.25, 0.3) is 22.2 Å². The zero-order valence-electron chi connectivity index (χ0n) is 19.5. The van der Waals surface area contributed by atoms with Crippen LogP contribution in [-0.4, -0.2) is 41.1 Å². The highest BCUT2D eigenvalue weighted by atomic mass is 16.5. The van der Waals surface area contributed by atoms with Crippen LogP contribution in [0, 0.1) is 0 Å². The molecule has 0 aliphatic heterocycles. The first-order chi connectivity index (χ1) is 16.1. The van der Waals surface area contributed by atoms with Gasteiger partial charge in [-0.3, -0.25) is 4.68 Å². The lowest BCUT2D eigenvalue weighted by Crippen LogP contribution is -2.14. The van der Waals surface area contributed by atoms with E-state index in [2.05, 4.69) is 29.8 Å². The van der Waals surface area contributed by atoms with Gasteiger partial charge in [0.15, 0.2) is 11.5 Å². The largest absolute Gasteiger partial charge is 0.493 e. The highest BCUT2D eigenvalue weighted by molar-refractivity contribution is 5.97. The average molecular weight is 448 g/mol. The van der Waals surface area contributed by atoms with Gasteiger partial charge in [-0.05, 0) is 43.2 Å². The Bertz CT molecular complexity index is 1270. The first-order valence-electron chi connectivity index (χ1n) is 11.1. The summed E-state index contributed by atoms with van der Waals surface area (Å²) < 4.78 is 20.0. The van der Waals surface area contributed by atoms with E-state index in [1.807, 2.05) is 36.4 Å².